The van der Waals surface area contributed by atoms with Crippen LogP contribution in [-0.2, 0) is 24.5 Å². The van der Waals surface area contributed by atoms with Crippen molar-refractivity contribution in [2.45, 2.75) is 56.3 Å². The summed E-state index contributed by atoms with van der Waals surface area (Å²) in [5.41, 5.74) is 1.40. The van der Waals surface area contributed by atoms with Crippen LogP contribution in [0.2, 0.25) is 0 Å². The first kappa shape index (κ1) is 19.3. The molecule has 5 fully saturated rings. The molecule has 8 atom stereocenters. The molecule has 164 valence electrons. The number of anilines is 1. The number of piperidine rings is 4. The molecule has 31 heavy (non-hydrogen) atoms. The Labute approximate surface area is 181 Å². The van der Waals surface area contributed by atoms with E-state index in [4.69, 9.17) is 9.47 Å². The zero-order valence-electron chi connectivity index (χ0n) is 18.3. The topological polar surface area (TPSA) is 78.9 Å². The van der Waals surface area contributed by atoms with E-state index in [0.717, 1.165) is 16.8 Å². The van der Waals surface area contributed by atoms with Crippen LogP contribution in [0.1, 0.15) is 32.3 Å². The lowest BCUT2D eigenvalue weighted by molar-refractivity contribution is -0.950. The molecule has 1 aromatic rings. The van der Waals surface area contributed by atoms with Crippen molar-refractivity contribution < 1.29 is 23.7 Å². The van der Waals surface area contributed by atoms with Gasteiger partial charge in [-0.15, -0.1) is 0 Å². The maximum atomic E-state index is 14.7. The molecule has 7 heteroatoms. The second-order valence-electron chi connectivity index (χ2n) is 9.98. The summed E-state index contributed by atoms with van der Waals surface area (Å²) in [5.74, 6) is -0.979. The highest BCUT2D eigenvalue weighted by molar-refractivity contribution is 5.84. The quantitative estimate of drug-likeness (QED) is 0.314. The van der Waals surface area contributed by atoms with Gasteiger partial charge in [0.15, 0.2) is 5.41 Å². The zero-order chi connectivity index (χ0) is 21.9. The molecular formula is C24H28N2O5. The maximum absolute atomic E-state index is 14.7. The van der Waals surface area contributed by atoms with Gasteiger partial charge in [0.1, 0.15) is 24.7 Å². The summed E-state index contributed by atoms with van der Waals surface area (Å²) < 4.78 is 11.1. The minimum absolute atomic E-state index is 0.127. The molecule has 0 N–H and O–H groups in total. The van der Waals surface area contributed by atoms with Crippen LogP contribution in [0.15, 0.2) is 35.9 Å². The maximum Gasteiger partial charge on any atom is 0.322 e. The number of nitrogens with zero attached hydrogens (tertiary/aromatic N) is 2. The Morgan fingerprint density at radius 2 is 2.06 bits per heavy atom. The molecule has 5 bridgehead atoms. The summed E-state index contributed by atoms with van der Waals surface area (Å²) in [6, 6.07) is 7.37. The fourth-order valence-corrected chi connectivity index (χ4v) is 8.60. The van der Waals surface area contributed by atoms with Gasteiger partial charge in [-0.05, 0) is 24.1 Å². The van der Waals surface area contributed by atoms with Gasteiger partial charge in [0.2, 0.25) is 0 Å². The van der Waals surface area contributed by atoms with Gasteiger partial charge in [0, 0.05) is 38.4 Å². The average molecular weight is 424 g/mol. The Morgan fingerprint density at radius 1 is 1.32 bits per heavy atom. The van der Waals surface area contributed by atoms with Gasteiger partial charge >= 0.3 is 11.9 Å². The number of rotatable bonds is 2. The highest BCUT2D eigenvalue weighted by atomic mass is 16.6. The average Bonchev–Trinajstić information content (AvgIpc) is 3.14. The molecule has 6 aliphatic rings. The molecule has 1 aromatic carbocycles. The SMILES string of the molecule is C/C=C1\C[N+]2([O-])[C@H]3C[C@@H]1[C@]1(C(=O)OC)[C@@H](OC(C)=O)[C@]4(C[C@@H]12)c1ccccc1N(C)[C@H]34. The van der Waals surface area contributed by atoms with E-state index in [-0.39, 0.29) is 18.0 Å². The molecule has 5 heterocycles. The van der Waals surface area contributed by atoms with E-state index < -0.39 is 39.6 Å². The first-order valence-electron chi connectivity index (χ1n) is 11.1. The molecule has 0 radical (unpaired) electrons. The van der Waals surface area contributed by atoms with Crippen LogP contribution >= 0.6 is 0 Å². The fraction of sp³-hybridized carbons (Fsp3) is 0.583. The minimum atomic E-state index is -1.16. The monoisotopic (exact) mass is 424 g/mol. The van der Waals surface area contributed by atoms with Crippen molar-refractivity contribution in [3.63, 3.8) is 0 Å². The molecule has 7 rings (SSSR count). The van der Waals surface area contributed by atoms with E-state index in [1.165, 1.54) is 14.0 Å². The Balaban J connectivity index is 1.72. The normalized spacial score (nSPS) is 46.8. The molecular weight excluding hydrogens is 396 g/mol. The standard InChI is InChI=1S/C24H28N2O5/c1-5-14-12-26(29)18-10-16(14)24(22(28)30-4)19(26)11-23(21(24)31-13(2)27)15-8-6-7-9-17(15)25(3)20(18)23/h5-9,16,18-21H,10-12H2,1-4H3/b14-5+/t16-,18-,19-,20+,21-,23+,24+,26?/m0/s1. The number of fused-ring (bicyclic) bond motifs is 2. The van der Waals surface area contributed by atoms with Gasteiger partial charge in [0.25, 0.3) is 0 Å². The van der Waals surface area contributed by atoms with E-state index in [9.17, 15) is 14.8 Å². The molecule has 7 nitrogen and oxygen atoms in total. The number of ether oxygens (including phenoxy) is 2. The largest absolute Gasteiger partial charge is 0.632 e. The van der Waals surface area contributed by atoms with Crippen molar-refractivity contribution in [3.05, 3.63) is 46.7 Å². The van der Waals surface area contributed by atoms with Crippen LogP contribution in [0.3, 0.4) is 0 Å². The Bertz CT molecular complexity index is 1050. The van der Waals surface area contributed by atoms with E-state index in [0.29, 0.717) is 19.4 Å². The predicted molar refractivity (Wildman–Crippen MR) is 113 cm³/mol. The first-order valence-corrected chi connectivity index (χ1v) is 11.1. The van der Waals surface area contributed by atoms with Crippen molar-refractivity contribution in [3.8, 4) is 0 Å². The fourth-order valence-electron chi connectivity index (χ4n) is 8.60. The van der Waals surface area contributed by atoms with Crippen molar-refractivity contribution in [2.24, 2.45) is 11.3 Å². The number of para-hydroxylation sites is 1. The van der Waals surface area contributed by atoms with E-state index >= 15 is 0 Å². The highest BCUT2D eigenvalue weighted by Crippen LogP contribution is 2.75. The number of carbonyl (C=O) groups is 2. The molecule has 1 spiro atoms. The van der Waals surface area contributed by atoms with E-state index in [1.54, 1.807) is 0 Å². The van der Waals surface area contributed by atoms with Crippen LogP contribution < -0.4 is 4.90 Å². The summed E-state index contributed by atoms with van der Waals surface area (Å²) >= 11 is 0. The molecule has 0 amide bonds. The van der Waals surface area contributed by atoms with Crippen molar-refractivity contribution >= 4 is 17.6 Å². The number of hydroxylamine groups is 3. The molecule has 1 saturated carbocycles. The highest BCUT2D eigenvalue weighted by Gasteiger charge is 2.88. The van der Waals surface area contributed by atoms with Crippen molar-refractivity contribution in [1.29, 1.82) is 0 Å². The summed E-state index contributed by atoms with van der Waals surface area (Å²) in [6.45, 7) is 3.73. The Hall–Kier alpha value is -2.38. The molecule has 1 unspecified atom stereocenters. The third kappa shape index (κ3) is 1.79. The van der Waals surface area contributed by atoms with Gasteiger partial charge in [-0.25, -0.2) is 0 Å². The van der Waals surface area contributed by atoms with E-state index in [1.807, 2.05) is 32.2 Å². The number of allylic oxidation sites excluding steroid dienone is 1. The molecule has 0 aromatic heterocycles. The smallest absolute Gasteiger partial charge is 0.322 e. The number of methoxy groups -OCH3 is 1. The minimum Gasteiger partial charge on any atom is -0.632 e. The van der Waals surface area contributed by atoms with Crippen LogP contribution in [-0.4, -0.2) is 61.5 Å². The van der Waals surface area contributed by atoms with Gasteiger partial charge in [-0.2, -0.15) is 0 Å². The first-order chi connectivity index (χ1) is 14.8. The summed E-state index contributed by atoms with van der Waals surface area (Å²) in [5, 5.41) is 14.7. The lowest BCUT2D eigenvalue weighted by Crippen LogP contribution is -2.79. The number of esters is 2. The lowest BCUT2D eigenvalue weighted by atomic mass is 9.58. The number of hydrogen-bond donors (Lipinski definition) is 0. The third-order valence-corrected chi connectivity index (χ3v) is 9.29. The third-order valence-electron chi connectivity index (χ3n) is 9.29. The number of quaternary nitrogens is 1. The second-order valence-corrected chi connectivity index (χ2v) is 9.98. The van der Waals surface area contributed by atoms with Crippen LogP contribution in [0.25, 0.3) is 0 Å². The second kappa shape index (κ2) is 5.70. The lowest BCUT2D eigenvalue weighted by Gasteiger charge is -2.69. The van der Waals surface area contributed by atoms with Gasteiger partial charge in [-0.3, -0.25) is 9.59 Å². The number of carbonyl (C=O) groups excluding carboxylic acids is 2. The summed E-state index contributed by atoms with van der Waals surface area (Å²) in [4.78, 5) is 28.4. The van der Waals surface area contributed by atoms with Crippen molar-refractivity contribution in [2.75, 3.05) is 25.6 Å². The van der Waals surface area contributed by atoms with Crippen LogP contribution in [0.5, 0.6) is 0 Å². The molecule has 1 aliphatic carbocycles. The van der Waals surface area contributed by atoms with E-state index in [2.05, 4.69) is 17.0 Å². The molecule has 4 saturated heterocycles. The summed E-state index contributed by atoms with van der Waals surface area (Å²) in [7, 11) is 3.42. The predicted octanol–water partition coefficient (Wildman–Crippen LogP) is 2.28. The number of hydrogen-bond acceptors (Lipinski definition) is 6. The summed E-state index contributed by atoms with van der Waals surface area (Å²) in [6.07, 6.45) is 2.39. The van der Waals surface area contributed by atoms with Crippen LogP contribution in [0, 0.1) is 16.5 Å². The number of likely N-dealkylation sites (N-methyl/N-ethyl adjacent to an activating group) is 1. The van der Waals surface area contributed by atoms with Gasteiger partial charge in [0.05, 0.1) is 18.6 Å². The van der Waals surface area contributed by atoms with Gasteiger partial charge < -0.3 is 24.2 Å². The molecule has 5 aliphatic heterocycles. The van der Waals surface area contributed by atoms with Crippen molar-refractivity contribution in [1.82, 2.24) is 0 Å². The zero-order valence-corrected chi connectivity index (χ0v) is 18.3. The van der Waals surface area contributed by atoms with Crippen LogP contribution in [0.4, 0.5) is 5.69 Å². The number of benzene rings is 1. The van der Waals surface area contributed by atoms with Gasteiger partial charge in [-0.1, -0.05) is 24.3 Å². The Morgan fingerprint density at radius 3 is 2.74 bits per heavy atom. The Kier molecular flexibility index (Phi) is 3.55.